The van der Waals surface area contributed by atoms with Crippen LogP contribution in [0.1, 0.15) is 11.3 Å². The SMILES string of the molecule is C#CCOC(=O)/C=C/c1ccc(-c2ccc(C)cc2[N+](=O)[O-])o1. The van der Waals surface area contributed by atoms with E-state index < -0.39 is 10.9 Å². The minimum Gasteiger partial charge on any atom is -0.456 e. The van der Waals surface area contributed by atoms with Crippen molar-refractivity contribution < 1.29 is 18.9 Å². The second kappa shape index (κ2) is 7.09. The topological polar surface area (TPSA) is 82.6 Å². The molecule has 23 heavy (non-hydrogen) atoms. The van der Waals surface area contributed by atoms with Crippen molar-refractivity contribution in [2.75, 3.05) is 6.61 Å². The predicted octanol–water partition coefficient (Wildman–Crippen LogP) is 3.35. The van der Waals surface area contributed by atoms with Crippen LogP contribution in [0.2, 0.25) is 0 Å². The summed E-state index contributed by atoms with van der Waals surface area (Å²) < 4.78 is 10.2. The third kappa shape index (κ3) is 4.08. The molecule has 0 aliphatic heterocycles. The van der Waals surface area contributed by atoms with Crippen molar-refractivity contribution in [1.29, 1.82) is 0 Å². The Labute approximate surface area is 132 Å². The van der Waals surface area contributed by atoms with Crippen molar-refractivity contribution >= 4 is 17.7 Å². The Morgan fingerprint density at radius 1 is 1.43 bits per heavy atom. The molecule has 0 atom stereocenters. The molecule has 0 fully saturated rings. The van der Waals surface area contributed by atoms with Gasteiger partial charge >= 0.3 is 5.97 Å². The van der Waals surface area contributed by atoms with Gasteiger partial charge in [0, 0.05) is 12.1 Å². The van der Waals surface area contributed by atoms with Crippen molar-refractivity contribution in [3.05, 3.63) is 57.8 Å². The van der Waals surface area contributed by atoms with Gasteiger partial charge in [0.1, 0.15) is 11.5 Å². The lowest BCUT2D eigenvalue weighted by atomic mass is 10.1. The molecule has 0 aliphatic carbocycles. The monoisotopic (exact) mass is 311 g/mol. The summed E-state index contributed by atoms with van der Waals surface area (Å²) >= 11 is 0. The van der Waals surface area contributed by atoms with E-state index in [1.807, 2.05) is 0 Å². The summed E-state index contributed by atoms with van der Waals surface area (Å²) in [4.78, 5) is 22.0. The van der Waals surface area contributed by atoms with E-state index >= 15 is 0 Å². The molecular weight excluding hydrogens is 298 g/mol. The van der Waals surface area contributed by atoms with Crippen LogP contribution in [0.3, 0.4) is 0 Å². The molecule has 0 amide bonds. The lowest BCUT2D eigenvalue weighted by Gasteiger charge is -2.01. The number of hydrogen-bond donors (Lipinski definition) is 0. The first kappa shape index (κ1) is 16.0. The van der Waals surface area contributed by atoms with Gasteiger partial charge in [0.15, 0.2) is 6.61 Å². The second-order valence-corrected chi connectivity index (χ2v) is 4.62. The number of ether oxygens (including phenoxy) is 1. The van der Waals surface area contributed by atoms with Gasteiger partial charge in [-0.2, -0.15) is 0 Å². The van der Waals surface area contributed by atoms with Crippen LogP contribution in [0.5, 0.6) is 0 Å². The molecule has 116 valence electrons. The predicted molar refractivity (Wildman–Crippen MR) is 84.4 cm³/mol. The van der Waals surface area contributed by atoms with Gasteiger partial charge in [-0.05, 0) is 36.8 Å². The zero-order valence-electron chi connectivity index (χ0n) is 12.3. The zero-order chi connectivity index (χ0) is 16.8. The number of rotatable bonds is 5. The van der Waals surface area contributed by atoms with Crippen LogP contribution in [0.15, 0.2) is 40.8 Å². The fourth-order valence-electron chi connectivity index (χ4n) is 1.90. The Morgan fingerprint density at radius 3 is 2.91 bits per heavy atom. The van der Waals surface area contributed by atoms with Crippen LogP contribution in [0.4, 0.5) is 5.69 Å². The number of furan rings is 1. The zero-order valence-corrected chi connectivity index (χ0v) is 12.3. The number of terminal acetylenes is 1. The molecule has 1 aromatic heterocycles. The number of aryl methyl sites for hydroxylation is 1. The van der Waals surface area contributed by atoms with Gasteiger partial charge in [0.25, 0.3) is 5.69 Å². The fraction of sp³-hybridized carbons (Fsp3) is 0.118. The highest BCUT2D eigenvalue weighted by molar-refractivity contribution is 5.86. The van der Waals surface area contributed by atoms with Crippen LogP contribution in [0.25, 0.3) is 17.4 Å². The molecule has 0 aliphatic rings. The molecule has 0 saturated heterocycles. The van der Waals surface area contributed by atoms with E-state index in [1.165, 1.54) is 18.2 Å². The van der Waals surface area contributed by atoms with E-state index in [2.05, 4.69) is 10.7 Å². The number of esters is 1. The number of nitrogens with zero attached hydrogens (tertiary/aromatic N) is 1. The molecule has 1 heterocycles. The number of hydrogen-bond acceptors (Lipinski definition) is 5. The molecule has 6 heteroatoms. The maximum Gasteiger partial charge on any atom is 0.331 e. The highest BCUT2D eigenvalue weighted by Gasteiger charge is 2.17. The normalized spacial score (nSPS) is 10.4. The number of benzene rings is 1. The van der Waals surface area contributed by atoms with Crippen LogP contribution < -0.4 is 0 Å². The smallest absolute Gasteiger partial charge is 0.331 e. The number of nitro groups is 1. The molecule has 1 aromatic carbocycles. The van der Waals surface area contributed by atoms with E-state index in [0.29, 0.717) is 17.1 Å². The largest absolute Gasteiger partial charge is 0.456 e. The van der Waals surface area contributed by atoms with Crippen molar-refractivity contribution in [3.63, 3.8) is 0 Å². The summed E-state index contributed by atoms with van der Waals surface area (Å²) in [5, 5.41) is 11.1. The van der Waals surface area contributed by atoms with Gasteiger partial charge < -0.3 is 9.15 Å². The Bertz CT molecular complexity index is 811. The van der Waals surface area contributed by atoms with Crippen LogP contribution in [-0.4, -0.2) is 17.5 Å². The van der Waals surface area contributed by atoms with Gasteiger partial charge in [-0.25, -0.2) is 4.79 Å². The highest BCUT2D eigenvalue weighted by Crippen LogP contribution is 2.32. The summed E-state index contributed by atoms with van der Waals surface area (Å²) in [6.45, 7) is 1.66. The van der Waals surface area contributed by atoms with Crippen LogP contribution in [0, 0.1) is 29.4 Å². The summed E-state index contributed by atoms with van der Waals surface area (Å²) in [5.41, 5.74) is 1.11. The summed E-state index contributed by atoms with van der Waals surface area (Å²) in [7, 11) is 0. The van der Waals surface area contributed by atoms with Crippen molar-refractivity contribution in [2.24, 2.45) is 0 Å². The van der Waals surface area contributed by atoms with Crippen LogP contribution >= 0.6 is 0 Å². The minimum absolute atomic E-state index is 0.0386. The third-order valence-corrected chi connectivity index (χ3v) is 2.92. The Hall–Kier alpha value is -3.33. The lowest BCUT2D eigenvalue weighted by Crippen LogP contribution is -1.99. The average Bonchev–Trinajstić information content (AvgIpc) is 2.99. The molecule has 0 radical (unpaired) electrons. The van der Waals surface area contributed by atoms with Gasteiger partial charge in [0.05, 0.1) is 10.5 Å². The van der Waals surface area contributed by atoms with Crippen molar-refractivity contribution in [2.45, 2.75) is 6.92 Å². The first-order valence-corrected chi connectivity index (χ1v) is 6.65. The first-order valence-electron chi connectivity index (χ1n) is 6.65. The Morgan fingerprint density at radius 2 is 2.22 bits per heavy atom. The number of nitro benzene ring substituents is 1. The lowest BCUT2D eigenvalue weighted by molar-refractivity contribution is -0.384. The molecule has 0 N–H and O–H groups in total. The second-order valence-electron chi connectivity index (χ2n) is 4.62. The van der Waals surface area contributed by atoms with Crippen LogP contribution in [-0.2, 0) is 9.53 Å². The molecule has 0 bridgehead atoms. The van der Waals surface area contributed by atoms with Gasteiger partial charge in [0.2, 0.25) is 0 Å². The fourth-order valence-corrected chi connectivity index (χ4v) is 1.90. The maximum absolute atomic E-state index is 11.3. The van der Waals surface area contributed by atoms with Crippen molar-refractivity contribution in [1.82, 2.24) is 0 Å². The van der Waals surface area contributed by atoms with E-state index in [-0.39, 0.29) is 12.3 Å². The van der Waals surface area contributed by atoms with E-state index in [0.717, 1.165) is 5.56 Å². The molecular formula is C17H13NO5. The highest BCUT2D eigenvalue weighted by atomic mass is 16.6. The van der Waals surface area contributed by atoms with E-state index in [4.69, 9.17) is 10.8 Å². The summed E-state index contributed by atoms with van der Waals surface area (Å²) in [6.07, 6.45) is 7.55. The first-order chi connectivity index (χ1) is 11.0. The Balaban J connectivity index is 2.23. The molecule has 0 saturated carbocycles. The van der Waals surface area contributed by atoms with Crippen molar-refractivity contribution in [3.8, 4) is 23.7 Å². The van der Waals surface area contributed by atoms with Gasteiger partial charge in [-0.15, -0.1) is 6.42 Å². The van der Waals surface area contributed by atoms with E-state index in [9.17, 15) is 14.9 Å². The summed E-state index contributed by atoms with van der Waals surface area (Å²) in [5.74, 6) is 2.29. The molecule has 6 nitrogen and oxygen atoms in total. The number of carbonyl (C=O) groups excluding carboxylic acids is 1. The van der Waals surface area contributed by atoms with E-state index in [1.54, 1.807) is 31.2 Å². The quantitative estimate of drug-likeness (QED) is 0.278. The molecule has 0 unspecified atom stereocenters. The summed E-state index contributed by atoms with van der Waals surface area (Å²) in [6, 6.07) is 8.07. The standard InChI is InChI=1S/C17H13NO5/c1-3-10-22-17(19)9-6-13-5-8-16(23-13)14-7-4-12(2)11-15(14)18(20)21/h1,4-9,11H,10H2,2H3/b9-6+. The molecule has 2 aromatic rings. The minimum atomic E-state index is -0.595. The average molecular weight is 311 g/mol. The number of carbonyl (C=O) groups is 1. The van der Waals surface area contributed by atoms with Gasteiger partial charge in [-0.1, -0.05) is 12.0 Å². The third-order valence-electron chi connectivity index (χ3n) is 2.92. The molecule has 2 rings (SSSR count). The maximum atomic E-state index is 11.3. The molecule has 0 spiro atoms. The Kier molecular flexibility index (Phi) is 4.95. The van der Waals surface area contributed by atoms with Gasteiger partial charge in [-0.3, -0.25) is 10.1 Å².